The lowest BCUT2D eigenvalue weighted by atomic mass is 10.00. The number of fused-ring (bicyclic) bond motifs is 6. The monoisotopic (exact) mass is 383 g/mol. The molecule has 6 heteroatoms. The van der Waals surface area contributed by atoms with E-state index in [1.807, 2.05) is 12.1 Å². The zero-order valence-electron chi connectivity index (χ0n) is 13.8. The van der Waals surface area contributed by atoms with Gasteiger partial charge in [-0.3, -0.25) is 4.79 Å². The number of hydrogen-bond acceptors (Lipinski definition) is 3. The molecule has 4 nitrogen and oxygen atoms in total. The number of nitrogens with one attached hydrogen (secondary N) is 1. The van der Waals surface area contributed by atoms with Crippen molar-refractivity contribution in [3.8, 4) is 0 Å². The minimum absolute atomic E-state index is 0.214. The van der Waals surface area contributed by atoms with Crippen LogP contribution in [0.4, 0.5) is 5.69 Å². The first-order valence-corrected chi connectivity index (χ1v) is 9.42. The fraction of sp³-hybridized carbons (Fsp3) is 0.250. The number of rotatable bonds is 2. The molecule has 26 heavy (non-hydrogen) atoms. The maximum atomic E-state index is 12.6. The molecule has 0 aliphatic heterocycles. The van der Waals surface area contributed by atoms with Crippen LogP contribution in [-0.4, -0.2) is 15.9 Å². The average molecular weight is 384 g/mol. The van der Waals surface area contributed by atoms with Gasteiger partial charge in [-0.15, -0.1) is 0 Å². The molecular weight excluding hydrogens is 369 g/mol. The van der Waals surface area contributed by atoms with Crippen LogP contribution in [0.2, 0.25) is 10.0 Å². The first-order chi connectivity index (χ1) is 12.6. The lowest BCUT2D eigenvalue weighted by molar-refractivity contribution is 0.102. The minimum atomic E-state index is -0.214. The summed E-state index contributed by atoms with van der Waals surface area (Å²) in [5.41, 5.74) is 5.07. The first-order valence-electron chi connectivity index (χ1n) is 8.66. The van der Waals surface area contributed by atoms with Gasteiger partial charge in [-0.25, -0.2) is 9.97 Å². The molecule has 1 saturated carbocycles. The lowest BCUT2D eigenvalue weighted by Gasteiger charge is -2.14. The summed E-state index contributed by atoms with van der Waals surface area (Å²) in [5.74, 6) is 0.902. The van der Waals surface area contributed by atoms with Gasteiger partial charge in [0, 0.05) is 23.1 Å². The van der Waals surface area contributed by atoms with Gasteiger partial charge in [0.05, 0.1) is 32.5 Å². The second-order valence-electron chi connectivity index (χ2n) is 6.99. The molecular formula is C20H15Cl2N3O. The van der Waals surface area contributed by atoms with Crippen LogP contribution in [0.3, 0.4) is 0 Å². The van der Waals surface area contributed by atoms with Gasteiger partial charge in [0.1, 0.15) is 0 Å². The Morgan fingerprint density at radius 2 is 1.65 bits per heavy atom. The Bertz CT molecular complexity index is 1070. The first kappa shape index (κ1) is 16.0. The molecule has 1 aromatic heterocycles. The standard InChI is InChI=1S/C20H15Cl2N3O/c21-14-5-4-13(9-15(14)22)23-20(26)12-3-6-16-17(8-12)25-19-11-2-1-10(7-11)18(19)24-16/h3-6,8-11H,1-2,7H2,(H,23,26). The average Bonchev–Trinajstić information content (AvgIpc) is 3.25. The van der Waals surface area contributed by atoms with E-state index >= 15 is 0 Å². The number of anilines is 1. The third-order valence-electron chi connectivity index (χ3n) is 5.37. The molecule has 130 valence electrons. The van der Waals surface area contributed by atoms with Crippen molar-refractivity contribution in [1.82, 2.24) is 9.97 Å². The van der Waals surface area contributed by atoms with Gasteiger partial charge in [-0.05, 0) is 55.7 Å². The van der Waals surface area contributed by atoms with Crippen LogP contribution in [0.1, 0.15) is 52.8 Å². The predicted octanol–water partition coefficient (Wildman–Crippen LogP) is 5.55. The van der Waals surface area contributed by atoms with E-state index in [9.17, 15) is 4.79 Å². The topological polar surface area (TPSA) is 54.9 Å². The van der Waals surface area contributed by atoms with E-state index in [4.69, 9.17) is 33.2 Å². The number of hydrogen-bond donors (Lipinski definition) is 1. The molecule has 1 amide bonds. The number of nitrogens with zero attached hydrogens (tertiary/aromatic N) is 2. The fourth-order valence-corrected chi connectivity index (χ4v) is 4.38. The molecule has 1 fully saturated rings. The van der Waals surface area contributed by atoms with Crippen LogP contribution in [0, 0.1) is 0 Å². The van der Waals surface area contributed by atoms with Crippen molar-refractivity contribution in [3.05, 3.63) is 63.4 Å². The van der Waals surface area contributed by atoms with Crippen molar-refractivity contribution in [2.24, 2.45) is 0 Å². The lowest BCUT2D eigenvalue weighted by Crippen LogP contribution is -2.12. The zero-order chi connectivity index (χ0) is 17.8. The van der Waals surface area contributed by atoms with Crippen LogP contribution < -0.4 is 5.32 Å². The summed E-state index contributed by atoms with van der Waals surface area (Å²) in [6.07, 6.45) is 3.60. The molecule has 2 aliphatic rings. The summed E-state index contributed by atoms with van der Waals surface area (Å²) in [5, 5.41) is 3.69. The minimum Gasteiger partial charge on any atom is -0.322 e. The quantitative estimate of drug-likeness (QED) is 0.630. The van der Waals surface area contributed by atoms with Crippen molar-refractivity contribution in [2.45, 2.75) is 31.1 Å². The highest BCUT2D eigenvalue weighted by molar-refractivity contribution is 6.42. The van der Waals surface area contributed by atoms with Gasteiger partial charge in [0.25, 0.3) is 5.91 Å². The van der Waals surface area contributed by atoms with Gasteiger partial charge in [-0.2, -0.15) is 0 Å². The molecule has 2 bridgehead atoms. The molecule has 5 rings (SSSR count). The maximum absolute atomic E-state index is 12.6. The van der Waals surface area contributed by atoms with Gasteiger partial charge in [-0.1, -0.05) is 23.2 Å². The maximum Gasteiger partial charge on any atom is 0.255 e. The second-order valence-corrected chi connectivity index (χ2v) is 7.80. The Hall–Kier alpha value is -2.17. The third kappa shape index (κ3) is 2.56. The number of carbonyl (C=O) groups excluding carboxylic acids is 1. The summed E-state index contributed by atoms with van der Waals surface area (Å²) in [6, 6.07) is 10.5. The molecule has 1 N–H and O–H groups in total. The number of halogens is 2. The smallest absolute Gasteiger partial charge is 0.255 e. The van der Waals surface area contributed by atoms with Crippen LogP contribution in [0.5, 0.6) is 0 Å². The number of carbonyl (C=O) groups is 1. The molecule has 3 aromatic rings. The molecule has 2 unspecified atom stereocenters. The third-order valence-corrected chi connectivity index (χ3v) is 6.10. The Morgan fingerprint density at radius 1 is 0.923 bits per heavy atom. The zero-order valence-corrected chi connectivity index (χ0v) is 15.3. The number of aromatic nitrogens is 2. The van der Waals surface area contributed by atoms with Gasteiger partial charge >= 0.3 is 0 Å². The van der Waals surface area contributed by atoms with Crippen molar-refractivity contribution in [3.63, 3.8) is 0 Å². The normalized spacial score (nSPS) is 20.4. The Kier molecular flexibility index (Phi) is 3.66. The van der Waals surface area contributed by atoms with Gasteiger partial charge in [0.2, 0.25) is 0 Å². The molecule has 1 heterocycles. The Labute approximate surface area is 160 Å². The summed E-state index contributed by atoms with van der Waals surface area (Å²) >= 11 is 11.9. The molecule has 2 atom stereocenters. The highest BCUT2D eigenvalue weighted by atomic mass is 35.5. The van der Waals surface area contributed by atoms with Crippen molar-refractivity contribution >= 4 is 45.8 Å². The van der Waals surface area contributed by atoms with E-state index < -0.39 is 0 Å². The van der Waals surface area contributed by atoms with E-state index in [0.29, 0.717) is 33.1 Å². The van der Waals surface area contributed by atoms with Crippen LogP contribution in [0.25, 0.3) is 11.0 Å². The summed E-state index contributed by atoms with van der Waals surface area (Å²) in [7, 11) is 0. The summed E-state index contributed by atoms with van der Waals surface area (Å²) in [6.45, 7) is 0. The van der Waals surface area contributed by atoms with E-state index in [1.54, 1.807) is 24.3 Å². The molecule has 0 spiro atoms. The van der Waals surface area contributed by atoms with Crippen molar-refractivity contribution < 1.29 is 4.79 Å². The molecule has 0 saturated heterocycles. The van der Waals surface area contributed by atoms with Gasteiger partial charge < -0.3 is 5.32 Å². The Morgan fingerprint density at radius 3 is 2.38 bits per heavy atom. The van der Waals surface area contributed by atoms with E-state index in [2.05, 4.69) is 5.32 Å². The SMILES string of the molecule is O=C(Nc1ccc(Cl)c(Cl)c1)c1ccc2nc3c(nc2c1)C1CCC3C1. The molecule has 0 radical (unpaired) electrons. The second kappa shape index (κ2) is 5.93. The van der Waals surface area contributed by atoms with Crippen LogP contribution >= 0.6 is 23.2 Å². The molecule has 2 aromatic carbocycles. The highest BCUT2D eigenvalue weighted by Crippen LogP contribution is 2.51. The predicted molar refractivity (Wildman–Crippen MR) is 103 cm³/mol. The molecule has 2 aliphatic carbocycles. The van der Waals surface area contributed by atoms with Crippen molar-refractivity contribution in [2.75, 3.05) is 5.32 Å². The van der Waals surface area contributed by atoms with E-state index in [-0.39, 0.29) is 5.91 Å². The fourth-order valence-electron chi connectivity index (χ4n) is 4.08. The Balaban J connectivity index is 1.47. The van der Waals surface area contributed by atoms with Crippen LogP contribution in [0.15, 0.2) is 36.4 Å². The largest absolute Gasteiger partial charge is 0.322 e. The summed E-state index contributed by atoms with van der Waals surface area (Å²) < 4.78 is 0. The number of benzene rings is 2. The van der Waals surface area contributed by atoms with Crippen molar-refractivity contribution in [1.29, 1.82) is 0 Å². The summed E-state index contributed by atoms with van der Waals surface area (Å²) in [4.78, 5) is 22.2. The number of amides is 1. The van der Waals surface area contributed by atoms with Crippen LogP contribution in [-0.2, 0) is 0 Å². The highest BCUT2D eigenvalue weighted by Gasteiger charge is 2.39. The van der Waals surface area contributed by atoms with Gasteiger partial charge in [0.15, 0.2) is 0 Å². The van der Waals surface area contributed by atoms with E-state index in [0.717, 1.165) is 16.7 Å². The van der Waals surface area contributed by atoms with E-state index in [1.165, 1.54) is 25.0 Å².